The van der Waals surface area contributed by atoms with Gasteiger partial charge >= 0.3 is 0 Å². The summed E-state index contributed by atoms with van der Waals surface area (Å²) in [6.07, 6.45) is 10.0. The van der Waals surface area contributed by atoms with Crippen molar-refractivity contribution in [3.05, 3.63) is 64.9 Å². The van der Waals surface area contributed by atoms with E-state index < -0.39 is 0 Å². The second-order valence-electron chi connectivity index (χ2n) is 6.21. The van der Waals surface area contributed by atoms with Gasteiger partial charge in [-0.15, -0.1) is 11.3 Å². The van der Waals surface area contributed by atoms with Crippen LogP contribution in [0.1, 0.15) is 35.3 Å². The van der Waals surface area contributed by atoms with E-state index in [4.69, 9.17) is 0 Å². The maximum atomic E-state index is 4.64. The minimum atomic E-state index is 0.538. The summed E-state index contributed by atoms with van der Waals surface area (Å²) >= 11 is 1.74. The summed E-state index contributed by atoms with van der Waals surface area (Å²) in [7, 11) is 0. The van der Waals surface area contributed by atoms with Gasteiger partial charge in [-0.1, -0.05) is 6.07 Å². The van der Waals surface area contributed by atoms with Crippen LogP contribution in [0.3, 0.4) is 0 Å². The van der Waals surface area contributed by atoms with Gasteiger partial charge in [-0.05, 0) is 38.1 Å². The van der Waals surface area contributed by atoms with Gasteiger partial charge in [0.25, 0.3) is 0 Å². The topological polar surface area (TPSA) is 46.8 Å². The van der Waals surface area contributed by atoms with Gasteiger partial charge in [-0.3, -0.25) is 9.88 Å². The lowest BCUT2D eigenvalue weighted by Crippen LogP contribution is -2.33. The van der Waals surface area contributed by atoms with Crippen LogP contribution in [0.4, 0.5) is 0 Å². The monoisotopic (exact) mass is 339 g/mol. The second kappa shape index (κ2) is 7.23. The largest absolute Gasteiger partial charge is 0.329 e. The molecule has 0 radical (unpaired) electrons. The highest BCUT2D eigenvalue weighted by atomic mass is 32.1. The number of imidazole rings is 1. The lowest BCUT2D eigenvalue weighted by atomic mass is 9.96. The van der Waals surface area contributed by atoms with Gasteiger partial charge < -0.3 is 4.57 Å². The van der Waals surface area contributed by atoms with Crippen molar-refractivity contribution in [1.82, 2.24) is 24.4 Å². The summed E-state index contributed by atoms with van der Waals surface area (Å²) in [5.74, 6) is 1.74. The third-order valence-corrected chi connectivity index (χ3v) is 5.37. The lowest BCUT2D eigenvalue weighted by molar-refractivity contribution is 0.200. The third-order valence-electron chi connectivity index (χ3n) is 4.60. The number of nitrogens with zero attached hydrogens (tertiary/aromatic N) is 5. The number of aromatic nitrogens is 4. The molecule has 6 heteroatoms. The molecular formula is C18H21N5S. The van der Waals surface area contributed by atoms with Crippen LogP contribution in [0.2, 0.25) is 0 Å². The van der Waals surface area contributed by atoms with Crippen molar-refractivity contribution in [2.45, 2.75) is 31.8 Å². The molecule has 4 rings (SSSR count). The average Bonchev–Trinajstić information content (AvgIpc) is 3.29. The molecule has 0 spiro atoms. The van der Waals surface area contributed by atoms with Crippen LogP contribution in [-0.4, -0.2) is 37.5 Å². The molecule has 5 nitrogen and oxygen atoms in total. The lowest BCUT2D eigenvalue weighted by Gasteiger charge is -2.31. The van der Waals surface area contributed by atoms with E-state index in [9.17, 15) is 0 Å². The molecule has 4 heterocycles. The van der Waals surface area contributed by atoms with Crippen LogP contribution in [0.5, 0.6) is 0 Å². The number of hydrogen-bond donors (Lipinski definition) is 0. The summed E-state index contributed by atoms with van der Waals surface area (Å²) in [5.41, 5.74) is 1.08. The van der Waals surface area contributed by atoms with Crippen LogP contribution in [0.25, 0.3) is 0 Å². The quantitative estimate of drug-likeness (QED) is 0.716. The average molecular weight is 339 g/mol. The van der Waals surface area contributed by atoms with E-state index in [-0.39, 0.29) is 0 Å². The molecular weight excluding hydrogens is 318 g/mol. The van der Waals surface area contributed by atoms with Crippen molar-refractivity contribution < 1.29 is 0 Å². The molecule has 0 saturated carbocycles. The van der Waals surface area contributed by atoms with Crippen molar-refractivity contribution in [3.8, 4) is 0 Å². The molecule has 0 bridgehead atoms. The second-order valence-corrected chi connectivity index (χ2v) is 7.19. The van der Waals surface area contributed by atoms with E-state index in [0.29, 0.717) is 5.92 Å². The standard InChI is InChI=1S/C18H21N5S/c1-2-6-19-16(3-1)13-23-11-7-21-18(23)15-4-9-22(10-5-15)14-17-20-8-12-24-17/h1-3,6-8,11-12,15H,4-5,9-10,13-14H2. The highest BCUT2D eigenvalue weighted by molar-refractivity contribution is 7.09. The zero-order valence-electron chi connectivity index (χ0n) is 13.6. The van der Waals surface area contributed by atoms with Crippen LogP contribution in [0, 0.1) is 0 Å². The van der Waals surface area contributed by atoms with E-state index >= 15 is 0 Å². The van der Waals surface area contributed by atoms with Crippen molar-refractivity contribution >= 4 is 11.3 Å². The minimum absolute atomic E-state index is 0.538. The zero-order valence-corrected chi connectivity index (χ0v) is 14.4. The maximum absolute atomic E-state index is 4.64. The van der Waals surface area contributed by atoms with Gasteiger partial charge in [0.05, 0.1) is 18.8 Å². The Kier molecular flexibility index (Phi) is 4.66. The molecule has 1 saturated heterocycles. The Labute approximate surface area is 146 Å². The molecule has 1 aliphatic rings. The first-order valence-electron chi connectivity index (χ1n) is 8.40. The van der Waals surface area contributed by atoms with E-state index in [2.05, 4.69) is 42.1 Å². The van der Waals surface area contributed by atoms with Gasteiger partial charge in [0.15, 0.2) is 0 Å². The molecule has 1 fully saturated rings. The SMILES string of the molecule is c1ccc(Cn2ccnc2C2CCN(Cc3nccs3)CC2)nc1. The number of thiazole rings is 1. The van der Waals surface area contributed by atoms with Crippen LogP contribution >= 0.6 is 11.3 Å². The predicted molar refractivity (Wildman–Crippen MR) is 94.9 cm³/mol. The van der Waals surface area contributed by atoms with E-state index in [1.165, 1.54) is 10.8 Å². The molecule has 1 aliphatic heterocycles. The maximum Gasteiger partial charge on any atom is 0.112 e. The molecule has 0 unspecified atom stereocenters. The Morgan fingerprint density at radius 1 is 1.00 bits per heavy atom. The molecule has 0 aliphatic carbocycles. The molecule has 0 amide bonds. The number of pyridine rings is 1. The first-order valence-corrected chi connectivity index (χ1v) is 9.28. The molecule has 124 valence electrons. The predicted octanol–water partition coefficient (Wildman–Crippen LogP) is 3.16. The Balaban J connectivity index is 1.38. The van der Waals surface area contributed by atoms with Crippen LogP contribution in [0.15, 0.2) is 48.4 Å². The van der Waals surface area contributed by atoms with E-state index in [0.717, 1.165) is 44.7 Å². The number of likely N-dealkylation sites (tertiary alicyclic amines) is 1. The summed E-state index contributed by atoms with van der Waals surface area (Å²) in [6, 6.07) is 6.06. The first kappa shape index (κ1) is 15.5. The summed E-state index contributed by atoms with van der Waals surface area (Å²) < 4.78 is 2.25. The van der Waals surface area contributed by atoms with Crippen molar-refractivity contribution in [2.24, 2.45) is 0 Å². The van der Waals surface area contributed by atoms with Crippen molar-refractivity contribution in [1.29, 1.82) is 0 Å². The van der Waals surface area contributed by atoms with E-state index in [1.807, 2.05) is 30.7 Å². The molecule has 3 aromatic rings. The molecule has 24 heavy (non-hydrogen) atoms. The molecule has 3 aromatic heterocycles. The molecule has 0 atom stereocenters. The summed E-state index contributed by atoms with van der Waals surface area (Å²) in [5, 5.41) is 3.27. The van der Waals surface area contributed by atoms with Crippen LogP contribution < -0.4 is 0 Å². The van der Waals surface area contributed by atoms with E-state index in [1.54, 1.807) is 11.3 Å². The first-order chi connectivity index (χ1) is 11.9. The van der Waals surface area contributed by atoms with Gasteiger partial charge in [0, 0.05) is 36.1 Å². The molecule has 0 aromatic carbocycles. The number of rotatable bonds is 5. The Bertz CT molecular complexity index is 745. The zero-order chi connectivity index (χ0) is 16.2. The molecule has 0 N–H and O–H groups in total. The Hall–Kier alpha value is -2.05. The fraction of sp³-hybridized carbons (Fsp3) is 0.389. The highest BCUT2D eigenvalue weighted by Gasteiger charge is 2.24. The number of piperidine rings is 1. The fourth-order valence-electron chi connectivity index (χ4n) is 3.35. The number of hydrogen-bond acceptors (Lipinski definition) is 5. The van der Waals surface area contributed by atoms with Gasteiger partial charge in [0.2, 0.25) is 0 Å². The minimum Gasteiger partial charge on any atom is -0.329 e. The highest BCUT2D eigenvalue weighted by Crippen LogP contribution is 2.28. The van der Waals surface area contributed by atoms with Gasteiger partial charge in [-0.2, -0.15) is 0 Å². The van der Waals surface area contributed by atoms with Crippen molar-refractivity contribution in [3.63, 3.8) is 0 Å². The fourth-order valence-corrected chi connectivity index (χ4v) is 4.01. The van der Waals surface area contributed by atoms with Crippen LogP contribution in [-0.2, 0) is 13.1 Å². The normalized spacial score (nSPS) is 16.5. The van der Waals surface area contributed by atoms with Gasteiger partial charge in [0.1, 0.15) is 10.8 Å². The van der Waals surface area contributed by atoms with Crippen molar-refractivity contribution in [2.75, 3.05) is 13.1 Å². The smallest absolute Gasteiger partial charge is 0.112 e. The summed E-state index contributed by atoms with van der Waals surface area (Å²) in [6.45, 7) is 4.00. The third kappa shape index (κ3) is 3.55. The Morgan fingerprint density at radius 3 is 2.67 bits per heavy atom. The van der Waals surface area contributed by atoms with Gasteiger partial charge in [-0.25, -0.2) is 9.97 Å². The summed E-state index contributed by atoms with van der Waals surface area (Å²) in [4.78, 5) is 16.0. The Morgan fingerprint density at radius 2 is 1.92 bits per heavy atom.